The molecule has 0 saturated heterocycles. The van der Waals surface area contributed by atoms with Gasteiger partial charge < -0.3 is 10.5 Å². The SMILES string of the molecule is C=C(CC)CC(N)C(C)(C)OCC. The van der Waals surface area contributed by atoms with Gasteiger partial charge in [0.1, 0.15) is 0 Å². The van der Waals surface area contributed by atoms with Crippen molar-refractivity contribution in [3.8, 4) is 0 Å². The van der Waals surface area contributed by atoms with Crippen molar-refractivity contribution >= 4 is 0 Å². The molecule has 0 heterocycles. The quantitative estimate of drug-likeness (QED) is 0.645. The Bertz CT molecular complexity index is 163. The Morgan fingerprint density at radius 1 is 1.46 bits per heavy atom. The molecule has 0 spiro atoms. The fraction of sp³-hybridized carbons (Fsp3) is 0.818. The van der Waals surface area contributed by atoms with Crippen LogP contribution in [0.15, 0.2) is 12.2 Å². The van der Waals surface area contributed by atoms with Crippen LogP contribution in [-0.2, 0) is 4.74 Å². The number of nitrogens with two attached hydrogens (primary N) is 1. The van der Waals surface area contributed by atoms with Crippen molar-refractivity contribution in [2.45, 2.75) is 52.2 Å². The minimum absolute atomic E-state index is 0.0416. The summed E-state index contributed by atoms with van der Waals surface area (Å²) in [5.74, 6) is 0. The minimum Gasteiger partial charge on any atom is -0.374 e. The molecule has 0 aliphatic carbocycles. The summed E-state index contributed by atoms with van der Waals surface area (Å²) in [7, 11) is 0. The molecule has 0 rings (SSSR count). The molecule has 0 bridgehead atoms. The Kier molecular flexibility index (Phi) is 5.26. The van der Waals surface area contributed by atoms with Gasteiger partial charge in [0.15, 0.2) is 0 Å². The van der Waals surface area contributed by atoms with Crippen LogP contribution in [0, 0.1) is 0 Å². The maximum atomic E-state index is 6.03. The fourth-order valence-electron chi connectivity index (χ4n) is 1.18. The van der Waals surface area contributed by atoms with E-state index in [1.807, 2.05) is 20.8 Å². The minimum atomic E-state index is -0.243. The van der Waals surface area contributed by atoms with Crippen LogP contribution in [0.2, 0.25) is 0 Å². The number of hydrogen-bond acceptors (Lipinski definition) is 2. The molecule has 2 nitrogen and oxygen atoms in total. The summed E-state index contributed by atoms with van der Waals surface area (Å²) in [6, 6.07) is 0.0416. The zero-order valence-corrected chi connectivity index (χ0v) is 9.39. The van der Waals surface area contributed by atoms with E-state index in [4.69, 9.17) is 10.5 Å². The van der Waals surface area contributed by atoms with E-state index in [0.717, 1.165) is 12.8 Å². The summed E-state index contributed by atoms with van der Waals surface area (Å²) >= 11 is 0. The molecule has 1 atom stereocenters. The van der Waals surface area contributed by atoms with Gasteiger partial charge in [-0.1, -0.05) is 19.1 Å². The van der Waals surface area contributed by atoms with E-state index >= 15 is 0 Å². The largest absolute Gasteiger partial charge is 0.374 e. The van der Waals surface area contributed by atoms with E-state index in [2.05, 4.69) is 13.5 Å². The Morgan fingerprint density at radius 3 is 2.38 bits per heavy atom. The number of hydrogen-bond donors (Lipinski definition) is 1. The van der Waals surface area contributed by atoms with Crippen molar-refractivity contribution in [1.29, 1.82) is 0 Å². The predicted molar refractivity (Wildman–Crippen MR) is 57.7 cm³/mol. The topological polar surface area (TPSA) is 35.2 Å². The average Bonchev–Trinajstić information content (AvgIpc) is 2.04. The standard InChI is InChI=1S/C11H23NO/c1-6-9(3)8-10(12)11(4,5)13-7-2/h10H,3,6-8,12H2,1-2,4-5H3. The summed E-state index contributed by atoms with van der Waals surface area (Å²) in [6.45, 7) is 12.8. The molecule has 0 amide bonds. The molecule has 0 aromatic heterocycles. The van der Waals surface area contributed by atoms with Gasteiger partial charge in [-0.2, -0.15) is 0 Å². The Morgan fingerprint density at radius 2 is 2.00 bits per heavy atom. The Labute approximate surface area is 82.2 Å². The molecule has 0 fully saturated rings. The van der Waals surface area contributed by atoms with Crippen LogP contribution in [0.1, 0.15) is 40.5 Å². The average molecular weight is 185 g/mol. The second-order valence-corrected chi connectivity index (χ2v) is 3.95. The van der Waals surface area contributed by atoms with E-state index < -0.39 is 0 Å². The normalized spacial score (nSPS) is 14.2. The zero-order valence-electron chi connectivity index (χ0n) is 9.39. The van der Waals surface area contributed by atoms with Crippen LogP contribution in [0.4, 0.5) is 0 Å². The van der Waals surface area contributed by atoms with Crippen molar-refractivity contribution in [2.24, 2.45) is 5.73 Å². The summed E-state index contributed by atoms with van der Waals surface area (Å²) in [5.41, 5.74) is 6.98. The molecule has 0 radical (unpaired) electrons. The van der Waals surface area contributed by atoms with Crippen LogP contribution >= 0.6 is 0 Å². The smallest absolute Gasteiger partial charge is 0.0779 e. The van der Waals surface area contributed by atoms with Gasteiger partial charge in [-0.3, -0.25) is 0 Å². The van der Waals surface area contributed by atoms with Gasteiger partial charge in [0, 0.05) is 12.6 Å². The van der Waals surface area contributed by atoms with Crippen molar-refractivity contribution in [2.75, 3.05) is 6.61 Å². The van der Waals surface area contributed by atoms with E-state index in [1.54, 1.807) is 0 Å². The molecule has 0 aliphatic rings. The van der Waals surface area contributed by atoms with E-state index in [1.165, 1.54) is 5.57 Å². The lowest BCUT2D eigenvalue weighted by molar-refractivity contribution is -0.0288. The van der Waals surface area contributed by atoms with Gasteiger partial charge in [0.2, 0.25) is 0 Å². The lowest BCUT2D eigenvalue weighted by Crippen LogP contribution is -2.45. The van der Waals surface area contributed by atoms with Gasteiger partial charge in [-0.15, -0.1) is 0 Å². The summed E-state index contributed by atoms with van der Waals surface area (Å²) < 4.78 is 5.57. The van der Waals surface area contributed by atoms with Crippen molar-refractivity contribution in [1.82, 2.24) is 0 Å². The van der Waals surface area contributed by atoms with Gasteiger partial charge >= 0.3 is 0 Å². The van der Waals surface area contributed by atoms with Crippen molar-refractivity contribution in [3.05, 3.63) is 12.2 Å². The highest BCUT2D eigenvalue weighted by atomic mass is 16.5. The second kappa shape index (κ2) is 5.40. The fourth-order valence-corrected chi connectivity index (χ4v) is 1.18. The Hall–Kier alpha value is -0.340. The third-order valence-corrected chi connectivity index (χ3v) is 2.42. The van der Waals surface area contributed by atoms with Gasteiger partial charge in [-0.05, 0) is 33.6 Å². The molecule has 1 unspecified atom stereocenters. The first-order chi connectivity index (χ1) is 5.94. The summed E-state index contributed by atoms with van der Waals surface area (Å²) in [5, 5.41) is 0. The molecule has 2 N–H and O–H groups in total. The highest BCUT2D eigenvalue weighted by molar-refractivity contribution is 5.00. The predicted octanol–water partition coefficient (Wildman–Crippen LogP) is 2.49. The van der Waals surface area contributed by atoms with Gasteiger partial charge in [0.05, 0.1) is 5.60 Å². The highest BCUT2D eigenvalue weighted by Gasteiger charge is 2.26. The van der Waals surface area contributed by atoms with Gasteiger partial charge in [-0.25, -0.2) is 0 Å². The lowest BCUT2D eigenvalue weighted by atomic mass is 9.92. The molecule has 0 aliphatic heterocycles. The zero-order chi connectivity index (χ0) is 10.5. The second-order valence-electron chi connectivity index (χ2n) is 3.95. The van der Waals surface area contributed by atoms with Gasteiger partial charge in [0.25, 0.3) is 0 Å². The van der Waals surface area contributed by atoms with Crippen LogP contribution < -0.4 is 5.73 Å². The lowest BCUT2D eigenvalue weighted by Gasteiger charge is -2.31. The first-order valence-electron chi connectivity index (χ1n) is 5.00. The maximum absolute atomic E-state index is 6.03. The molecule has 0 aromatic rings. The van der Waals surface area contributed by atoms with Crippen LogP contribution in [0.25, 0.3) is 0 Å². The van der Waals surface area contributed by atoms with E-state index in [-0.39, 0.29) is 11.6 Å². The van der Waals surface area contributed by atoms with Crippen molar-refractivity contribution < 1.29 is 4.74 Å². The summed E-state index contributed by atoms with van der Waals surface area (Å²) in [4.78, 5) is 0. The molecule has 0 saturated carbocycles. The number of rotatable bonds is 6. The molecular formula is C11H23NO. The first-order valence-corrected chi connectivity index (χ1v) is 5.00. The third-order valence-electron chi connectivity index (χ3n) is 2.42. The van der Waals surface area contributed by atoms with Crippen molar-refractivity contribution in [3.63, 3.8) is 0 Å². The van der Waals surface area contributed by atoms with Crippen LogP contribution in [0.3, 0.4) is 0 Å². The van der Waals surface area contributed by atoms with E-state index in [0.29, 0.717) is 6.61 Å². The first kappa shape index (κ1) is 12.7. The third kappa shape index (κ3) is 4.44. The van der Waals surface area contributed by atoms with Crippen LogP contribution in [-0.4, -0.2) is 18.2 Å². The number of ether oxygens (including phenoxy) is 1. The highest BCUT2D eigenvalue weighted by Crippen LogP contribution is 2.19. The summed E-state index contributed by atoms with van der Waals surface area (Å²) in [6.07, 6.45) is 1.85. The molecular weight excluding hydrogens is 162 g/mol. The molecule has 2 heteroatoms. The Balaban J connectivity index is 4.07. The molecule has 78 valence electrons. The molecule has 0 aromatic carbocycles. The maximum Gasteiger partial charge on any atom is 0.0779 e. The van der Waals surface area contributed by atoms with E-state index in [9.17, 15) is 0 Å². The van der Waals surface area contributed by atoms with Crippen LogP contribution in [0.5, 0.6) is 0 Å². The monoisotopic (exact) mass is 185 g/mol. The molecule has 13 heavy (non-hydrogen) atoms.